The van der Waals surface area contributed by atoms with Gasteiger partial charge in [0.1, 0.15) is 11.0 Å². The van der Waals surface area contributed by atoms with Crippen LogP contribution in [0, 0.1) is 13.8 Å². The van der Waals surface area contributed by atoms with E-state index >= 15 is 0 Å². The molecular formula is C11H13N3OS. The van der Waals surface area contributed by atoms with Gasteiger partial charge in [-0.15, -0.1) is 11.3 Å². The van der Waals surface area contributed by atoms with Crippen LogP contribution in [0.1, 0.15) is 22.9 Å². The summed E-state index contributed by atoms with van der Waals surface area (Å²) in [6, 6.07) is -0.105. The zero-order chi connectivity index (χ0) is 11.4. The van der Waals surface area contributed by atoms with Gasteiger partial charge in [-0.2, -0.15) is 0 Å². The zero-order valence-electron chi connectivity index (χ0n) is 9.50. The van der Waals surface area contributed by atoms with Crippen LogP contribution in [-0.4, -0.2) is 22.8 Å². The summed E-state index contributed by atoms with van der Waals surface area (Å²) in [5.41, 5.74) is 2.59. The molecule has 0 spiro atoms. The number of nitrogens with zero attached hydrogens (tertiary/aromatic N) is 2. The summed E-state index contributed by atoms with van der Waals surface area (Å²) < 4.78 is 0. The van der Waals surface area contributed by atoms with E-state index in [9.17, 15) is 4.79 Å². The van der Waals surface area contributed by atoms with E-state index in [4.69, 9.17) is 0 Å². The van der Waals surface area contributed by atoms with Crippen LogP contribution in [0.5, 0.6) is 0 Å². The average Bonchev–Trinajstić information content (AvgIpc) is 2.66. The molecule has 4 nitrogen and oxygen atoms in total. The number of aliphatic imine (C=N–C) groups is 1. The predicted octanol–water partition coefficient (Wildman–Crippen LogP) is 1.69. The SMILES string of the molecule is Cc1sc2c(c1C)CN1C(=N2)NC(=O)C1C. The van der Waals surface area contributed by atoms with Crippen molar-refractivity contribution in [1.82, 2.24) is 10.2 Å². The second kappa shape index (κ2) is 3.07. The van der Waals surface area contributed by atoms with Gasteiger partial charge in [0.15, 0.2) is 0 Å². The molecule has 2 aliphatic rings. The summed E-state index contributed by atoms with van der Waals surface area (Å²) in [6.07, 6.45) is 0. The second-order valence-corrected chi connectivity index (χ2v) is 5.50. The highest BCUT2D eigenvalue weighted by Crippen LogP contribution is 2.39. The summed E-state index contributed by atoms with van der Waals surface area (Å²) in [5, 5.41) is 3.87. The lowest BCUT2D eigenvalue weighted by Crippen LogP contribution is -2.35. The minimum absolute atomic E-state index is 0.0447. The maximum atomic E-state index is 11.5. The van der Waals surface area contributed by atoms with Gasteiger partial charge in [-0.25, -0.2) is 4.99 Å². The first-order valence-corrected chi connectivity index (χ1v) is 6.14. The minimum Gasteiger partial charge on any atom is -0.326 e. The average molecular weight is 235 g/mol. The molecule has 3 heterocycles. The van der Waals surface area contributed by atoms with Crippen molar-refractivity contribution >= 4 is 28.2 Å². The number of guanidine groups is 1. The first kappa shape index (κ1) is 9.84. The third-order valence-corrected chi connectivity index (χ3v) is 4.52. The van der Waals surface area contributed by atoms with Gasteiger partial charge in [0.25, 0.3) is 0 Å². The molecule has 0 bridgehead atoms. The number of hydrogen-bond donors (Lipinski definition) is 1. The van der Waals surface area contributed by atoms with Crippen LogP contribution in [0.15, 0.2) is 4.99 Å². The van der Waals surface area contributed by atoms with Crippen LogP contribution < -0.4 is 5.32 Å². The molecule has 1 N–H and O–H groups in total. The van der Waals surface area contributed by atoms with E-state index in [2.05, 4.69) is 24.2 Å². The minimum atomic E-state index is -0.105. The summed E-state index contributed by atoms with van der Waals surface area (Å²) in [6.45, 7) is 6.95. The molecule has 16 heavy (non-hydrogen) atoms. The molecule has 1 unspecified atom stereocenters. The van der Waals surface area contributed by atoms with E-state index in [-0.39, 0.29) is 11.9 Å². The van der Waals surface area contributed by atoms with Gasteiger partial charge in [-0.1, -0.05) is 0 Å². The Hall–Kier alpha value is -1.36. The van der Waals surface area contributed by atoms with Crippen molar-refractivity contribution in [1.29, 1.82) is 0 Å². The Labute approximate surface area is 98.0 Å². The van der Waals surface area contributed by atoms with Crippen molar-refractivity contribution in [2.45, 2.75) is 33.4 Å². The Morgan fingerprint density at radius 3 is 3.00 bits per heavy atom. The Morgan fingerprint density at radius 2 is 2.25 bits per heavy atom. The van der Waals surface area contributed by atoms with Crippen LogP contribution in [0.3, 0.4) is 0 Å². The van der Waals surface area contributed by atoms with Crippen molar-refractivity contribution in [2.24, 2.45) is 4.99 Å². The van der Waals surface area contributed by atoms with Gasteiger partial charge < -0.3 is 4.90 Å². The van der Waals surface area contributed by atoms with Crippen LogP contribution in [0.25, 0.3) is 0 Å². The quantitative estimate of drug-likeness (QED) is 0.743. The number of fused-ring (bicyclic) bond motifs is 2. The van der Waals surface area contributed by atoms with Crippen molar-refractivity contribution < 1.29 is 4.79 Å². The molecule has 1 aromatic heterocycles. The van der Waals surface area contributed by atoms with Crippen LogP contribution in [0.4, 0.5) is 5.00 Å². The molecular weight excluding hydrogens is 222 g/mol. The van der Waals surface area contributed by atoms with Crippen molar-refractivity contribution in [3.05, 3.63) is 16.0 Å². The molecule has 0 aliphatic carbocycles. The lowest BCUT2D eigenvalue weighted by Gasteiger charge is -2.24. The molecule has 0 saturated carbocycles. The molecule has 1 fully saturated rings. The fourth-order valence-corrected chi connectivity index (χ4v) is 3.15. The number of amides is 1. The highest BCUT2D eigenvalue weighted by molar-refractivity contribution is 7.16. The predicted molar refractivity (Wildman–Crippen MR) is 64.0 cm³/mol. The maximum Gasteiger partial charge on any atom is 0.249 e. The number of aryl methyl sites for hydroxylation is 1. The van der Waals surface area contributed by atoms with Crippen LogP contribution >= 0.6 is 11.3 Å². The van der Waals surface area contributed by atoms with E-state index in [1.807, 2.05) is 11.8 Å². The van der Waals surface area contributed by atoms with Crippen LogP contribution in [0.2, 0.25) is 0 Å². The third-order valence-electron chi connectivity index (χ3n) is 3.38. The van der Waals surface area contributed by atoms with E-state index in [1.165, 1.54) is 16.0 Å². The Kier molecular flexibility index (Phi) is 1.89. The molecule has 1 aromatic rings. The van der Waals surface area contributed by atoms with E-state index in [0.29, 0.717) is 5.96 Å². The fraction of sp³-hybridized carbons (Fsp3) is 0.455. The summed E-state index contributed by atoms with van der Waals surface area (Å²) >= 11 is 1.70. The van der Waals surface area contributed by atoms with Gasteiger partial charge in [0.2, 0.25) is 11.9 Å². The number of nitrogens with one attached hydrogen (secondary N) is 1. The maximum absolute atomic E-state index is 11.5. The van der Waals surface area contributed by atoms with Gasteiger partial charge >= 0.3 is 0 Å². The normalized spacial score (nSPS) is 22.7. The first-order chi connectivity index (χ1) is 7.58. The van der Waals surface area contributed by atoms with Gasteiger partial charge in [-0.3, -0.25) is 10.1 Å². The summed E-state index contributed by atoms with van der Waals surface area (Å²) in [5.74, 6) is 0.759. The topological polar surface area (TPSA) is 44.7 Å². The fourth-order valence-electron chi connectivity index (χ4n) is 2.11. The number of thiophene rings is 1. The molecule has 5 heteroatoms. The molecule has 84 valence electrons. The molecule has 2 aliphatic heterocycles. The van der Waals surface area contributed by atoms with Crippen molar-refractivity contribution in [3.8, 4) is 0 Å². The number of rotatable bonds is 0. The van der Waals surface area contributed by atoms with E-state index in [0.717, 1.165) is 11.5 Å². The van der Waals surface area contributed by atoms with Crippen LogP contribution in [-0.2, 0) is 11.3 Å². The molecule has 0 radical (unpaired) electrons. The Morgan fingerprint density at radius 1 is 1.50 bits per heavy atom. The largest absolute Gasteiger partial charge is 0.326 e. The lowest BCUT2D eigenvalue weighted by molar-refractivity contribution is -0.121. The number of hydrogen-bond acceptors (Lipinski definition) is 4. The van der Waals surface area contributed by atoms with E-state index < -0.39 is 0 Å². The highest BCUT2D eigenvalue weighted by Gasteiger charge is 2.37. The molecule has 1 amide bonds. The van der Waals surface area contributed by atoms with Crippen molar-refractivity contribution in [3.63, 3.8) is 0 Å². The molecule has 1 saturated heterocycles. The monoisotopic (exact) mass is 235 g/mol. The summed E-state index contributed by atoms with van der Waals surface area (Å²) in [7, 11) is 0. The smallest absolute Gasteiger partial charge is 0.249 e. The van der Waals surface area contributed by atoms with Gasteiger partial charge in [-0.05, 0) is 26.3 Å². The highest BCUT2D eigenvalue weighted by atomic mass is 32.1. The first-order valence-electron chi connectivity index (χ1n) is 5.33. The van der Waals surface area contributed by atoms with E-state index in [1.54, 1.807) is 11.3 Å². The van der Waals surface area contributed by atoms with Crippen molar-refractivity contribution in [2.75, 3.05) is 0 Å². The summed E-state index contributed by atoms with van der Waals surface area (Å²) in [4.78, 5) is 19.4. The number of carbonyl (C=O) groups excluding carboxylic acids is 1. The molecule has 3 rings (SSSR count). The second-order valence-electron chi connectivity index (χ2n) is 4.30. The standard InChI is InChI=1S/C11H13N3OS/c1-5-7(3)16-10-8(5)4-14-6(2)9(15)12-11(14)13-10/h6H,4H2,1-3H3,(H,12,13,15). The third kappa shape index (κ3) is 1.15. The Bertz CT molecular complexity index is 518. The van der Waals surface area contributed by atoms with Gasteiger partial charge in [0.05, 0.1) is 0 Å². The molecule has 0 aromatic carbocycles. The number of carbonyl (C=O) groups is 1. The molecule has 1 atom stereocenters. The Balaban J connectivity index is 2.10. The zero-order valence-corrected chi connectivity index (χ0v) is 10.3. The van der Waals surface area contributed by atoms with Gasteiger partial charge in [0, 0.05) is 17.0 Å². The lowest BCUT2D eigenvalue weighted by atomic mass is 10.1.